The Balaban J connectivity index is 6.39. The van der Waals surface area contributed by atoms with Crippen molar-refractivity contribution in [3.8, 4) is 0 Å². The van der Waals surface area contributed by atoms with Crippen LogP contribution in [-0.2, 0) is 24.8 Å². The Labute approximate surface area is 202 Å². The lowest BCUT2D eigenvalue weighted by Crippen LogP contribution is -2.42. The molecule has 0 rings (SSSR count). The maximum Gasteiger partial charge on any atom is 0.265 e. The molecule has 6 atom stereocenters. The second-order valence-corrected chi connectivity index (χ2v) is 16.8. The molecule has 11 heteroatoms. The Morgan fingerprint density at radius 2 is 1.00 bits per heavy atom. The van der Waals surface area contributed by atoms with Crippen molar-refractivity contribution in [1.29, 1.82) is 0 Å². The molecule has 0 aliphatic carbocycles. The highest BCUT2D eigenvalue weighted by atomic mass is 32.2. The van der Waals surface area contributed by atoms with Gasteiger partial charge in [0.2, 0.25) is 7.37 Å². The van der Waals surface area contributed by atoms with Crippen molar-refractivity contribution < 1.29 is 35.4 Å². The van der Waals surface area contributed by atoms with Crippen molar-refractivity contribution in [2.45, 2.75) is 104 Å². The summed E-state index contributed by atoms with van der Waals surface area (Å²) in [6, 6.07) is 0. The van der Waals surface area contributed by atoms with Gasteiger partial charge in [-0.05, 0) is 49.4 Å². The molecule has 200 valence electrons. The minimum Gasteiger partial charge on any atom is -0.344 e. The summed E-state index contributed by atoms with van der Waals surface area (Å²) in [6.07, 6.45) is 2.25. The Morgan fingerprint density at radius 1 is 0.727 bits per heavy atom. The Bertz CT molecular complexity index is 805. The van der Waals surface area contributed by atoms with Gasteiger partial charge in [-0.2, -0.15) is 16.8 Å². The monoisotopic (exact) mass is 534 g/mol. The lowest BCUT2D eigenvalue weighted by atomic mass is 9.84. The maximum absolute atomic E-state index is 14.3. The molecular weight excluding hydrogens is 487 g/mol. The lowest BCUT2D eigenvalue weighted by molar-refractivity contribution is 0.263. The molecule has 0 spiro atoms. The van der Waals surface area contributed by atoms with Crippen molar-refractivity contribution in [3.63, 3.8) is 0 Å². The van der Waals surface area contributed by atoms with E-state index >= 15 is 0 Å². The van der Waals surface area contributed by atoms with E-state index in [4.69, 9.17) is 0 Å². The first kappa shape index (κ1) is 33.0. The largest absolute Gasteiger partial charge is 0.344 e. The Hall–Kier alpha value is 0.01000. The zero-order valence-corrected chi connectivity index (χ0v) is 24.1. The van der Waals surface area contributed by atoms with Crippen LogP contribution in [0.4, 0.5) is 0 Å². The fourth-order valence-electron chi connectivity index (χ4n) is 4.80. The van der Waals surface area contributed by atoms with Crippen LogP contribution in [0.15, 0.2) is 0 Å². The van der Waals surface area contributed by atoms with E-state index in [1.807, 2.05) is 27.7 Å². The predicted molar refractivity (Wildman–Crippen MR) is 135 cm³/mol. The summed E-state index contributed by atoms with van der Waals surface area (Å²) in [6.45, 7) is 14.5. The van der Waals surface area contributed by atoms with Crippen molar-refractivity contribution in [2.75, 3.05) is 11.5 Å². The van der Waals surface area contributed by atoms with Gasteiger partial charge < -0.3 is 4.89 Å². The van der Waals surface area contributed by atoms with E-state index in [0.717, 1.165) is 0 Å². The maximum atomic E-state index is 14.3. The fourth-order valence-corrected chi connectivity index (χ4v) is 9.90. The molecule has 0 aromatic heterocycles. The van der Waals surface area contributed by atoms with Crippen LogP contribution in [0.3, 0.4) is 0 Å². The third kappa shape index (κ3) is 9.19. The molecule has 0 radical (unpaired) electrons. The summed E-state index contributed by atoms with van der Waals surface area (Å²) in [4.78, 5) is 11.7. The SMILES string of the molecule is CCC(C)C(CC(C)(CC)P(=O)(O)C(C)(CC)CC(CS(=O)(=O)O)C(C)CC)CS(=O)(=O)O. The average Bonchev–Trinajstić information content (AvgIpc) is 2.68. The molecule has 8 nitrogen and oxygen atoms in total. The second kappa shape index (κ2) is 12.3. The Kier molecular flexibility index (Phi) is 12.3. The summed E-state index contributed by atoms with van der Waals surface area (Å²) in [5.41, 5.74) is 0. The third-order valence-electron chi connectivity index (χ3n) is 8.14. The molecule has 0 aliphatic heterocycles. The van der Waals surface area contributed by atoms with Gasteiger partial charge in [0.25, 0.3) is 20.2 Å². The van der Waals surface area contributed by atoms with Gasteiger partial charge in [-0.15, -0.1) is 0 Å². The normalized spacial score (nSPS) is 22.4. The molecule has 6 unspecified atom stereocenters. The molecule has 3 N–H and O–H groups in total. The molecule has 0 aromatic rings. The summed E-state index contributed by atoms with van der Waals surface area (Å²) >= 11 is 0. The lowest BCUT2D eigenvalue weighted by Gasteiger charge is -2.47. The highest BCUT2D eigenvalue weighted by molar-refractivity contribution is 7.86. The summed E-state index contributed by atoms with van der Waals surface area (Å²) in [5, 5.41) is -2.26. The minimum absolute atomic E-state index is 0.0851. The van der Waals surface area contributed by atoms with Crippen LogP contribution in [0.25, 0.3) is 0 Å². The van der Waals surface area contributed by atoms with E-state index < -0.39 is 61.3 Å². The molecule has 0 aliphatic rings. The van der Waals surface area contributed by atoms with Gasteiger partial charge in [-0.25, -0.2) is 0 Å². The highest BCUT2D eigenvalue weighted by Gasteiger charge is 2.55. The van der Waals surface area contributed by atoms with E-state index in [2.05, 4.69) is 0 Å². The van der Waals surface area contributed by atoms with Gasteiger partial charge in [-0.3, -0.25) is 13.7 Å². The summed E-state index contributed by atoms with van der Waals surface area (Å²) in [7, 11) is -12.6. The first-order valence-electron chi connectivity index (χ1n) is 12.0. The molecule has 0 saturated carbocycles. The molecule has 0 amide bonds. The molecule has 33 heavy (non-hydrogen) atoms. The van der Waals surface area contributed by atoms with Gasteiger partial charge in [0.1, 0.15) is 0 Å². The van der Waals surface area contributed by atoms with Crippen LogP contribution in [0, 0.1) is 23.7 Å². The third-order valence-corrected chi connectivity index (χ3v) is 13.8. The standard InChI is InChI=1S/C22H47O8PS2/c1-9-17(5)19(15-32(25,26)27)13-21(7,11-3)31(23,24)22(8,12-4)14-20(18(6)10-2)16-33(28,29)30/h17-20H,9-16H2,1-8H3,(H,23,24)(H,25,26,27)(H,28,29,30). The molecule has 0 saturated heterocycles. The van der Waals surface area contributed by atoms with Crippen LogP contribution >= 0.6 is 7.37 Å². The second-order valence-electron chi connectivity index (χ2n) is 10.5. The number of hydrogen-bond acceptors (Lipinski definition) is 5. The summed E-state index contributed by atoms with van der Waals surface area (Å²) < 4.78 is 79.9. The molecule has 0 aromatic carbocycles. The predicted octanol–water partition coefficient (Wildman–Crippen LogP) is 5.47. The molecule has 0 bridgehead atoms. The van der Waals surface area contributed by atoms with Crippen LogP contribution in [0.2, 0.25) is 0 Å². The van der Waals surface area contributed by atoms with Crippen LogP contribution < -0.4 is 0 Å². The van der Waals surface area contributed by atoms with E-state index in [0.29, 0.717) is 25.7 Å². The average molecular weight is 535 g/mol. The fraction of sp³-hybridized carbons (Fsp3) is 1.00. The first-order chi connectivity index (χ1) is 14.7. The van der Waals surface area contributed by atoms with Gasteiger partial charge in [0.05, 0.1) is 11.5 Å². The molecule has 0 heterocycles. The zero-order valence-electron chi connectivity index (χ0n) is 21.6. The first-order valence-corrected chi connectivity index (χ1v) is 16.8. The van der Waals surface area contributed by atoms with Gasteiger partial charge in [-0.1, -0.05) is 68.2 Å². The topological polar surface area (TPSA) is 146 Å². The van der Waals surface area contributed by atoms with Crippen molar-refractivity contribution in [2.24, 2.45) is 23.7 Å². The van der Waals surface area contributed by atoms with Crippen LogP contribution in [-0.4, -0.2) is 52.7 Å². The zero-order chi connectivity index (χ0) is 26.5. The van der Waals surface area contributed by atoms with Gasteiger partial charge in [0.15, 0.2) is 0 Å². The van der Waals surface area contributed by atoms with Crippen LogP contribution in [0.1, 0.15) is 93.9 Å². The van der Waals surface area contributed by atoms with Gasteiger partial charge >= 0.3 is 0 Å². The minimum atomic E-state index is -4.27. The van der Waals surface area contributed by atoms with Crippen LogP contribution in [0.5, 0.6) is 0 Å². The van der Waals surface area contributed by atoms with E-state index in [9.17, 15) is 35.4 Å². The summed E-state index contributed by atoms with van der Waals surface area (Å²) in [5.74, 6) is -2.12. The van der Waals surface area contributed by atoms with Crippen molar-refractivity contribution in [1.82, 2.24) is 0 Å². The quantitative estimate of drug-likeness (QED) is 0.174. The molecule has 0 fully saturated rings. The van der Waals surface area contributed by atoms with E-state index in [1.54, 1.807) is 27.7 Å². The highest BCUT2D eigenvalue weighted by Crippen LogP contribution is 2.70. The van der Waals surface area contributed by atoms with Crippen molar-refractivity contribution in [3.05, 3.63) is 0 Å². The number of hydrogen-bond donors (Lipinski definition) is 3. The molecular formula is C22H47O8PS2. The van der Waals surface area contributed by atoms with E-state index in [-0.39, 0.29) is 24.7 Å². The number of rotatable bonds is 16. The van der Waals surface area contributed by atoms with Crippen molar-refractivity contribution >= 4 is 27.6 Å². The van der Waals surface area contributed by atoms with E-state index in [1.165, 1.54) is 0 Å². The smallest absolute Gasteiger partial charge is 0.265 e. The Morgan fingerprint density at radius 3 is 1.18 bits per heavy atom. The van der Waals surface area contributed by atoms with Gasteiger partial charge in [0, 0.05) is 10.3 Å².